The number of sulfonamides is 1. The fourth-order valence-electron chi connectivity index (χ4n) is 0.958. The fourth-order valence-corrected chi connectivity index (χ4v) is 1.43. The summed E-state index contributed by atoms with van der Waals surface area (Å²) < 4.78 is 23.7. The molecule has 94 valence electrons. The monoisotopic (exact) mass is 259 g/mol. The van der Waals surface area contributed by atoms with Gasteiger partial charge in [0, 0.05) is 13.1 Å². The summed E-state index contributed by atoms with van der Waals surface area (Å²) in [5, 5.41) is 2.48. The second kappa shape index (κ2) is 5.55. The molecule has 9 heteroatoms. The van der Waals surface area contributed by atoms with E-state index in [1.807, 2.05) is 0 Å². The summed E-state index contributed by atoms with van der Waals surface area (Å²) in [5.74, 6) is -0.215. The van der Waals surface area contributed by atoms with E-state index in [1.54, 1.807) is 0 Å². The largest absolute Gasteiger partial charge is 0.382 e. The lowest BCUT2D eigenvalue weighted by Crippen LogP contribution is -2.34. The van der Waals surface area contributed by atoms with Crippen LogP contribution < -0.4 is 15.8 Å². The molecule has 8 nitrogen and oxygen atoms in total. The molecule has 1 aromatic rings. The van der Waals surface area contributed by atoms with Gasteiger partial charge in [-0.1, -0.05) is 0 Å². The summed E-state index contributed by atoms with van der Waals surface area (Å²) in [6.07, 6.45) is 3.55. The normalized spacial score (nSPS) is 11.1. The van der Waals surface area contributed by atoms with Gasteiger partial charge in [-0.25, -0.2) is 23.1 Å². The zero-order chi connectivity index (χ0) is 12.9. The Morgan fingerprint density at radius 2 is 2.06 bits per heavy atom. The number of nitrogens with two attached hydrogens (primary N) is 1. The van der Waals surface area contributed by atoms with Crippen LogP contribution in [-0.2, 0) is 10.0 Å². The minimum absolute atomic E-state index is 0.118. The molecule has 0 saturated carbocycles. The van der Waals surface area contributed by atoms with Crippen LogP contribution in [0.15, 0.2) is 12.4 Å². The molecule has 0 aliphatic rings. The Morgan fingerprint density at radius 1 is 1.35 bits per heavy atom. The Hall–Kier alpha value is -1.74. The molecule has 1 heterocycles. The average molecular weight is 259 g/mol. The molecule has 1 rings (SSSR count). The van der Waals surface area contributed by atoms with Gasteiger partial charge in [0.15, 0.2) is 0 Å². The second-order valence-corrected chi connectivity index (χ2v) is 5.08. The van der Waals surface area contributed by atoms with Gasteiger partial charge in [-0.15, -0.1) is 0 Å². The van der Waals surface area contributed by atoms with Crippen molar-refractivity contribution >= 4 is 21.7 Å². The number of amides is 1. The molecule has 0 aromatic carbocycles. The van der Waals surface area contributed by atoms with Crippen LogP contribution in [0.25, 0.3) is 0 Å². The van der Waals surface area contributed by atoms with E-state index in [0.29, 0.717) is 0 Å². The molecule has 1 aromatic heterocycles. The van der Waals surface area contributed by atoms with Gasteiger partial charge in [-0.05, 0) is 0 Å². The van der Waals surface area contributed by atoms with E-state index < -0.39 is 15.9 Å². The number of aromatic nitrogens is 2. The van der Waals surface area contributed by atoms with Crippen molar-refractivity contribution in [1.29, 1.82) is 0 Å². The van der Waals surface area contributed by atoms with Gasteiger partial charge in [-0.3, -0.25) is 4.79 Å². The van der Waals surface area contributed by atoms with Crippen LogP contribution in [0.3, 0.4) is 0 Å². The van der Waals surface area contributed by atoms with E-state index in [4.69, 9.17) is 5.73 Å². The molecule has 17 heavy (non-hydrogen) atoms. The summed E-state index contributed by atoms with van der Waals surface area (Å²) in [6.45, 7) is 0.283. The first kappa shape index (κ1) is 13.3. The Kier molecular flexibility index (Phi) is 4.35. The molecule has 0 aliphatic carbocycles. The lowest BCUT2D eigenvalue weighted by atomic mass is 10.4. The summed E-state index contributed by atoms with van der Waals surface area (Å²) in [7, 11) is -3.24. The number of nitrogens with zero attached hydrogens (tertiary/aromatic N) is 2. The third-order valence-electron chi connectivity index (χ3n) is 1.68. The number of anilines is 1. The number of hydrogen-bond acceptors (Lipinski definition) is 6. The topological polar surface area (TPSA) is 127 Å². The highest BCUT2D eigenvalue weighted by Crippen LogP contribution is 1.95. The van der Waals surface area contributed by atoms with Gasteiger partial charge in [0.1, 0.15) is 11.5 Å². The Morgan fingerprint density at radius 3 is 2.59 bits per heavy atom. The predicted molar refractivity (Wildman–Crippen MR) is 61.6 cm³/mol. The van der Waals surface area contributed by atoms with Gasteiger partial charge >= 0.3 is 0 Å². The minimum Gasteiger partial charge on any atom is -0.382 e. The standard InChI is InChI=1S/C8H13N5O3S/c1-17(15,16)13-3-2-10-8(14)6-4-12-7(9)5-11-6/h4-5,13H,2-3H2,1H3,(H2,9,12)(H,10,14). The van der Waals surface area contributed by atoms with Crippen molar-refractivity contribution < 1.29 is 13.2 Å². The first-order valence-corrected chi connectivity index (χ1v) is 6.58. The van der Waals surface area contributed by atoms with Crippen LogP contribution in [0.2, 0.25) is 0 Å². The maximum absolute atomic E-state index is 11.4. The van der Waals surface area contributed by atoms with Crippen molar-refractivity contribution in [2.24, 2.45) is 0 Å². The molecule has 0 atom stereocenters. The number of carbonyl (C=O) groups excluding carboxylic acids is 1. The lowest BCUT2D eigenvalue weighted by Gasteiger charge is -2.04. The summed E-state index contributed by atoms with van der Waals surface area (Å²) in [5.41, 5.74) is 5.44. The predicted octanol–water partition coefficient (Wildman–Crippen LogP) is -1.66. The molecule has 0 aliphatic heterocycles. The fraction of sp³-hybridized carbons (Fsp3) is 0.375. The van der Waals surface area contributed by atoms with Gasteiger partial charge < -0.3 is 11.1 Å². The van der Waals surface area contributed by atoms with Crippen LogP contribution in [0.5, 0.6) is 0 Å². The average Bonchev–Trinajstić information content (AvgIpc) is 2.24. The van der Waals surface area contributed by atoms with Crippen molar-refractivity contribution in [3.8, 4) is 0 Å². The second-order valence-electron chi connectivity index (χ2n) is 3.25. The highest BCUT2D eigenvalue weighted by molar-refractivity contribution is 7.88. The van der Waals surface area contributed by atoms with E-state index in [2.05, 4.69) is 20.0 Å². The molecule has 0 bridgehead atoms. The first-order valence-electron chi connectivity index (χ1n) is 4.69. The molecular formula is C8H13N5O3S. The summed E-state index contributed by atoms with van der Waals surface area (Å²) in [4.78, 5) is 18.9. The smallest absolute Gasteiger partial charge is 0.271 e. The maximum Gasteiger partial charge on any atom is 0.271 e. The van der Waals surface area contributed by atoms with Crippen LogP contribution in [0, 0.1) is 0 Å². The van der Waals surface area contributed by atoms with Crippen LogP contribution in [0.4, 0.5) is 5.82 Å². The molecule has 1 amide bonds. The zero-order valence-corrected chi connectivity index (χ0v) is 9.99. The summed E-state index contributed by atoms with van der Waals surface area (Å²) in [6, 6.07) is 0. The van der Waals surface area contributed by atoms with Gasteiger partial charge in [0.05, 0.1) is 18.6 Å². The van der Waals surface area contributed by atoms with E-state index in [9.17, 15) is 13.2 Å². The molecule has 0 saturated heterocycles. The molecular weight excluding hydrogens is 246 g/mol. The van der Waals surface area contributed by atoms with E-state index in [1.165, 1.54) is 12.4 Å². The molecule has 0 unspecified atom stereocenters. The van der Waals surface area contributed by atoms with Crippen molar-refractivity contribution in [3.63, 3.8) is 0 Å². The van der Waals surface area contributed by atoms with Gasteiger partial charge in [0.2, 0.25) is 10.0 Å². The molecule has 0 spiro atoms. The van der Waals surface area contributed by atoms with Crippen LogP contribution in [0.1, 0.15) is 10.5 Å². The van der Waals surface area contributed by atoms with E-state index >= 15 is 0 Å². The lowest BCUT2D eigenvalue weighted by molar-refractivity contribution is 0.0949. The van der Waals surface area contributed by atoms with Crippen LogP contribution >= 0.6 is 0 Å². The Labute approximate surface area is 98.7 Å². The first-order chi connectivity index (χ1) is 7.88. The Balaban J connectivity index is 2.38. The highest BCUT2D eigenvalue weighted by Gasteiger charge is 2.07. The third kappa shape index (κ3) is 5.22. The quantitative estimate of drug-likeness (QED) is 0.543. The van der Waals surface area contributed by atoms with E-state index in [0.717, 1.165) is 6.26 Å². The Bertz CT molecular complexity index is 484. The molecule has 4 N–H and O–H groups in total. The van der Waals surface area contributed by atoms with Crippen molar-refractivity contribution in [2.45, 2.75) is 0 Å². The number of nitrogen functional groups attached to an aromatic ring is 1. The van der Waals surface area contributed by atoms with Gasteiger partial charge in [0.25, 0.3) is 5.91 Å². The SMILES string of the molecule is CS(=O)(=O)NCCNC(=O)c1cnc(N)cn1. The highest BCUT2D eigenvalue weighted by atomic mass is 32.2. The number of carbonyl (C=O) groups is 1. The van der Waals surface area contributed by atoms with Gasteiger partial charge in [-0.2, -0.15) is 0 Å². The van der Waals surface area contributed by atoms with Crippen molar-refractivity contribution in [3.05, 3.63) is 18.1 Å². The number of hydrogen-bond donors (Lipinski definition) is 3. The van der Waals surface area contributed by atoms with E-state index in [-0.39, 0.29) is 24.6 Å². The molecule has 0 fully saturated rings. The number of nitrogens with one attached hydrogen (secondary N) is 2. The van der Waals surface area contributed by atoms with Crippen molar-refractivity contribution in [2.75, 3.05) is 25.1 Å². The number of rotatable bonds is 5. The van der Waals surface area contributed by atoms with Crippen LogP contribution in [-0.4, -0.2) is 43.6 Å². The minimum atomic E-state index is -3.24. The van der Waals surface area contributed by atoms with Crippen molar-refractivity contribution in [1.82, 2.24) is 20.0 Å². The molecule has 0 radical (unpaired) electrons. The maximum atomic E-state index is 11.4. The third-order valence-corrected chi connectivity index (χ3v) is 2.41. The summed E-state index contributed by atoms with van der Waals surface area (Å²) >= 11 is 0. The zero-order valence-electron chi connectivity index (χ0n) is 9.17.